The van der Waals surface area contributed by atoms with E-state index < -0.39 is 0 Å². The number of nitrogens with one attached hydrogen (secondary N) is 2. The Hall–Kier alpha value is -1.10. The van der Waals surface area contributed by atoms with Crippen LogP contribution >= 0.6 is 15.9 Å². The van der Waals surface area contributed by atoms with Gasteiger partial charge in [0.05, 0.1) is 0 Å². The summed E-state index contributed by atoms with van der Waals surface area (Å²) in [6.07, 6.45) is 5.30. The van der Waals surface area contributed by atoms with E-state index in [0.29, 0.717) is 17.5 Å². The molecule has 5 heteroatoms. The monoisotopic (exact) mass is 311 g/mol. The fourth-order valence-electron chi connectivity index (χ4n) is 2.41. The van der Waals surface area contributed by atoms with Crippen molar-refractivity contribution in [2.24, 2.45) is 16.9 Å². The van der Waals surface area contributed by atoms with Gasteiger partial charge in [0.15, 0.2) is 0 Å². The van der Waals surface area contributed by atoms with E-state index in [1.165, 1.54) is 6.42 Å². The number of carbonyl (C=O) groups is 1. The fraction of sp³-hybridized carbons (Fsp3) is 0.538. The molecule has 0 spiro atoms. The van der Waals surface area contributed by atoms with Crippen molar-refractivity contribution in [3.05, 3.63) is 22.4 Å². The average molecular weight is 312 g/mol. The van der Waals surface area contributed by atoms with Crippen LogP contribution < -0.4 is 5.43 Å². The van der Waals surface area contributed by atoms with Gasteiger partial charge < -0.3 is 4.98 Å². The highest BCUT2D eigenvalue weighted by Gasteiger charge is 2.23. The summed E-state index contributed by atoms with van der Waals surface area (Å²) in [5, 5.41) is 4.31. The van der Waals surface area contributed by atoms with Crippen LogP contribution in [-0.4, -0.2) is 16.6 Å². The fourth-order valence-corrected chi connectivity index (χ4v) is 2.75. The maximum atomic E-state index is 11.8. The van der Waals surface area contributed by atoms with Crippen LogP contribution in [0.2, 0.25) is 0 Å². The summed E-state index contributed by atoms with van der Waals surface area (Å²) < 4.78 is 0.861. The molecule has 1 saturated carbocycles. The van der Waals surface area contributed by atoms with Crippen LogP contribution in [0.4, 0.5) is 0 Å². The molecule has 2 rings (SSSR count). The quantitative estimate of drug-likeness (QED) is 0.809. The molecular formula is C13H18BrN3O. The number of amides is 1. The minimum Gasteiger partial charge on any atom is -0.356 e. The summed E-state index contributed by atoms with van der Waals surface area (Å²) in [6.45, 7) is 4.34. The summed E-state index contributed by atoms with van der Waals surface area (Å²) in [6, 6.07) is 1.74. The van der Waals surface area contributed by atoms with E-state index in [2.05, 4.69) is 45.3 Å². The van der Waals surface area contributed by atoms with E-state index in [1.807, 2.05) is 0 Å². The topological polar surface area (TPSA) is 57.2 Å². The van der Waals surface area contributed by atoms with Crippen LogP contribution in [0.15, 0.2) is 21.8 Å². The number of hydrazone groups is 1. The number of carbonyl (C=O) groups excluding carboxylic acids is 1. The SMILES string of the molecule is C[C@@H]1CCC[C@@H](C)C1=NNC(=O)c1cc(Br)c[nH]1. The van der Waals surface area contributed by atoms with Gasteiger partial charge in [0.25, 0.3) is 5.91 Å². The molecule has 0 unspecified atom stereocenters. The van der Waals surface area contributed by atoms with Crippen molar-refractivity contribution >= 4 is 27.5 Å². The van der Waals surface area contributed by atoms with Gasteiger partial charge in [-0.3, -0.25) is 4.79 Å². The molecule has 4 nitrogen and oxygen atoms in total. The second-order valence-electron chi connectivity index (χ2n) is 4.94. The highest BCUT2D eigenvalue weighted by atomic mass is 79.9. The number of H-pyrrole nitrogens is 1. The first-order valence-corrected chi connectivity index (χ1v) is 7.09. The van der Waals surface area contributed by atoms with Crippen molar-refractivity contribution in [2.45, 2.75) is 33.1 Å². The lowest BCUT2D eigenvalue weighted by Crippen LogP contribution is -2.29. The second kappa shape index (κ2) is 5.69. The summed E-state index contributed by atoms with van der Waals surface area (Å²) in [7, 11) is 0. The lowest BCUT2D eigenvalue weighted by Gasteiger charge is -2.26. The Balaban J connectivity index is 2.03. The summed E-state index contributed by atoms with van der Waals surface area (Å²) in [5.41, 5.74) is 4.27. The third-order valence-corrected chi connectivity index (χ3v) is 3.92. The van der Waals surface area contributed by atoms with E-state index in [9.17, 15) is 4.79 Å². The Morgan fingerprint density at radius 3 is 2.67 bits per heavy atom. The molecule has 1 heterocycles. The number of aromatic nitrogens is 1. The first-order valence-electron chi connectivity index (χ1n) is 6.29. The van der Waals surface area contributed by atoms with Crippen LogP contribution in [0.25, 0.3) is 0 Å². The standard InChI is InChI=1S/C13H18BrN3O/c1-8-4-3-5-9(2)12(8)16-17-13(18)11-6-10(14)7-15-11/h6-9,15H,3-5H2,1-2H3,(H,17,18)/t8-,9-/m1/s1. The van der Waals surface area contributed by atoms with Crippen molar-refractivity contribution in [1.82, 2.24) is 10.4 Å². The first kappa shape index (κ1) is 13.3. The van der Waals surface area contributed by atoms with E-state index in [0.717, 1.165) is 23.0 Å². The molecule has 0 saturated heterocycles. The van der Waals surface area contributed by atoms with Crippen molar-refractivity contribution in [3.63, 3.8) is 0 Å². The molecule has 2 atom stereocenters. The van der Waals surface area contributed by atoms with Crippen LogP contribution in [0, 0.1) is 11.8 Å². The zero-order valence-electron chi connectivity index (χ0n) is 10.7. The van der Waals surface area contributed by atoms with Gasteiger partial charge in [-0.1, -0.05) is 20.3 Å². The van der Waals surface area contributed by atoms with Crippen LogP contribution in [0.3, 0.4) is 0 Å². The molecule has 18 heavy (non-hydrogen) atoms. The molecule has 1 aliphatic carbocycles. The summed E-state index contributed by atoms with van der Waals surface area (Å²) in [4.78, 5) is 14.7. The van der Waals surface area contributed by atoms with Gasteiger partial charge in [0, 0.05) is 16.4 Å². The molecule has 1 aromatic rings. The van der Waals surface area contributed by atoms with Gasteiger partial charge in [-0.2, -0.15) is 5.10 Å². The average Bonchev–Trinajstić information content (AvgIpc) is 2.75. The van der Waals surface area contributed by atoms with Crippen molar-refractivity contribution < 1.29 is 4.79 Å². The molecule has 0 bridgehead atoms. The lowest BCUT2D eigenvalue weighted by molar-refractivity contribution is 0.0950. The van der Waals surface area contributed by atoms with E-state index >= 15 is 0 Å². The van der Waals surface area contributed by atoms with Gasteiger partial charge >= 0.3 is 0 Å². The molecule has 0 aromatic carbocycles. The Kier molecular flexibility index (Phi) is 4.22. The van der Waals surface area contributed by atoms with Crippen molar-refractivity contribution in [2.75, 3.05) is 0 Å². The molecule has 0 aliphatic heterocycles. The Labute approximate surface area is 115 Å². The number of aromatic amines is 1. The first-order chi connectivity index (χ1) is 8.58. The maximum absolute atomic E-state index is 11.8. The molecule has 0 radical (unpaired) electrons. The van der Waals surface area contributed by atoms with Crippen LogP contribution in [-0.2, 0) is 0 Å². The molecule has 1 aliphatic rings. The molecule has 2 N–H and O–H groups in total. The van der Waals surface area contributed by atoms with E-state index in [1.54, 1.807) is 12.3 Å². The van der Waals surface area contributed by atoms with Gasteiger partial charge in [-0.25, -0.2) is 5.43 Å². The smallest absolute Gasteiger partial charge is 0.287 e. The molecular weight excluding hydrogens is 294 g/mol. The summed E-state index contributed by atoms with van der Waals surface area (Å²) in [5.74, 6) is 0.729. The Bertz CT molecular complexity index is 455. The lowest BCUT2D eigenvalue weighted by atomic mass is 9.81. The molecule has 1 fully saturated rings. The third kappa shape index (κ3) is 3.02. The van der Waals surface area contributed by atoms with E-state index in [-0.39, 0.29) is 5.91 Å². The number of hydrogen-bond acceptors (Lipinski definition) is 2. The van der Waals surface area contributed by atoms with E-state index in [4.69, 9.17) is 0 Å². The largest absolute Gasteiger partial charge is 0.356 e. The minimum absolute atomic E-state index is 0.196. The van der Waals surface area contributed by atoms with Gasteiger partial charge in [-0.15, -0.1) is 0 Å². The Morgan fingerprint density at radius 1 is 1.44 bits per heavy atom. The number of rotatable bonds is 2. The highest BCUT2D eigenvalue weighted by Crippen LogP contribution is 2.25. The van der Waals surface area contributed by atoms with Crippen molar-refractivity contribution in [3.8, 4) is 0 Å². The molecule has 1 aromatic heterocycles. The zero-order valence-corrected chi connectivity index (χ0v) is 12.3. The van der Waals surface area contributed by atoms with Crippen LogP contribution in [0.1, 0.15) is 43.6 Å². The second-order valence-corrected chi connectivity index (χ2v) is 5.86. The Morgan fingerprint density at radius 2 is 2.11 bits per heavy atom. The number of halogens is 1. The van der Waals surface area contributed by atoms with Gasteiger partial charge in [0.1, 0.15) is 5.69 Å². The zero-order chi connectivity index (χ0) is 13.1. The third-order valence-electron chi connectivity index (χ3n) is 3.46. The maximum Gasteiger partial charge on any atom is 0.287 e. The summed E-state index contributed by atoms with van der Waals surface area (Å²) >= 11 is 3.30. The highest BCUT2D eigenvalue weighted by molar-refractivity contribution is 9.10. The van der Waals surface area contributed by atoms with Gasteiger partial charge in [0.2, 0.25) is 0 Å². The minimum atomic E-state index is -0.196. The molecule has 1 amide bonds. The van der Waals surface area contributed by atoms with Crippen molar-refractivity contribution in [1.29, 1.82) is 0 Å². The predicted octanol–water partition coefficient (Wildman–Crippen LogP) is 3.32. The van der Waals surface area contributed by atoms with Crippen LogP contribution in [0.5, 0.6) is 0 Å². The number of hydrogen-bond donors (Lipinski definition) is 2. The molecule has 98 valence electrons. The number of nitrogens with zero attached hydrogens (tertiary/aromatic N) is 1. The van der Waals surface area contributed by atoms with Gasteiger partial charge in [-0.05, 0) is 46.7 Å². The normalized spacial score (nSPS) is 23.8. The predicted molar refractivity (Wildman–Crippen MR) is 75.6 cm³/mol.